The van der Waals surface area contributed by atoms with Gasteiger partial charge < -0.3 is 21.3 Å². The number of anilines is 3. The molecule has 184 valence electrons. The topological polar surface area (TPSA) is 113 Å². The first-order valence-electron chi connectivity index (χ1n) is 12.2. The van der Waals surface area contributed by atoms with Gasteiger partial charge in [-0.1, -0.05) is 0 Å². The molecule has 1 aliphatic carbocycles. The van der Waals surface area contributed by atoms with Crippen molar-refractivity contribution in [2.75, 3.05) is 23.3 Å². The molecule has 4 heterocycles. The van der Waals surface area contributed by atoms with Crippen molar-refractivity contribution in [1.82, 2.24) is 24.9 Å². The molecule has 2 aliphatic rings. The molecule has 6 rings (SSSR count). The van der Waals surface area contributed by atoms with Gasteiger partial charge in [0.25, 0.3) is 5.91 Å². The van der Waals surface area contributed by atoms with Crippen LogP contribution < -0.4 is 21.3 Å². The monoisotopic (exact) mass is 486 g/mol. The zero-order valence-corrected chi connectivity index (χ0v) is 19.7. The minimum Gasteiger partial charge on any atom is -0.368 e. The molecule has 1 amide bonds. The van der Waals surface area contributed by atoms with Crippen LogP contribution in [-0.2, 0) is 0 Å². The smallest absolute Gasteiger partial charge is 0.251 e. The van der Waals surface area contributed by atoms with E-state index in [4.69, 9.17) is 5.73 Å². The third kappa shape index (κ3) is 4.47. The number of pyridine rings is 1. The largest absolute Gasteiger partial charge is 0.368 e. The molecule has 3 aromatic heterocycles. The van der Waals surface area contributed by atoms with E-state index in [0.717, 1.165) is 55.7 Å². The van der Waals surface area contributed by atoms with E-state index in [9.17, 15) is 9.18 Å². The van der Waals surface area contributed by atoms with E-state index in [1.54, 1.807) is 35.2 Å². The number of rotatable bonds is 6. The Labute approximate surface area is 207 Å². The second-order valence-electron chi connectivity index (χ2n) is 9.45. The third-order valence-corrected chi connectivity index (χ3v) is 6.64. The molecule has 0 radical (unpaired) electrons. The number of benzene rings is 1. The predicted molar refractivity (Wildman–Crippen MR) is 136 cm³/mol. The van der Waals surface area contributed by atoms with Gasteiger partial charge in [-0.3, -0.25) is 9.78 Å². The van der Waals surface area contributed by atoms with E-state index in [1.807, 2.05) is 12.1 Å². The molecular weight excluding hydrogens is 459 g/mol. The van der Waals surface area contributed by atoms with Crippen molar-refractivity contribution in [2.45, 2.75) is 37.8 Å². The first-order valence-corrected chi connectivity index (χ1v) is 12.2. The summed E-state index contributed by atoms with van der Waals surface area (Å²) in [5.74, 6) is -0.174. The number of hydrogen-bond donors (Lipinski definition) is 3. The number of carbonyl (C=O) groups is 1. The van der Waals surface area contributed by atoms with Crippen LogP contribution >= 0.6 is 0 Å². The Balaban J connectivity index is 1.32. The lowest BCUT2D eigenvalue weighted by Crippen LogP contribution is -2.43. The molecule has 10 heteroatoms. The van der Waals surface area contributed by atoms with Crippen LogP contribution in [0.3, 0.4) is 0 Å². The van der Waals surface area contributed by atoms with Gasteiger partial charge in [-0.05, 0) is 62.1 Å². The molecule has 0 spiro atoms. The molecule has 1 saturated heterocycles. The maximum Gasteiger partial charge on any atom is 0.251 e. The van der Waals surface area contributed by atoms with Crippen LogP contribution in [0, 0.1) is 5.82 Å². The molecule has 1 aromatic carbocycles. The fourth-order valence-electron chi connectivity index (χ4n) is 4.58. The molecule has 4 aromatic rings. The Hall–Kier alpha value is -4.05. The number of amides is 1. The lowest BCUT2D eigenvalue weighted by atomic mass is 10.1. The minimum absolute atomic E-state index is 0.133. The second kappa shape index (κ2) is 9.19. The zero-order chi connectivity index (χ0) is 24.6. The summed E-state index contributed by atoms with van der Waals surface area (Å²) in [6.07, 6.45) is 9.22. The molecule has 1 aliphatic heterocycles. The van der Waals surface area contributed by atoms with Gasteiger partial charge in [0.2, 0.25) is 5.95 Å². The van der Waals surface area contributed by atoms with E-state index in [1.165, 1.54) is 12.1 Å². The van der Waals surface area contributed by atoms with Crippen LogP contribution in [-0.4, -0.2) is 50.7 Å². The second-order valence-corrected chi connectivity index (χ2v) is 9.45. The van der Waals surface area contributed by atoms with Crippen molar-refractivity contribution in [2.24, 2.45) is 5.73 Å². The molecule has 1 saturated carbocycles. The summed E-state index contributed by atoms with van der Waals surface area (Å²) >= 11 is 0. The molecule has 2 fully saturated rings. The van der Waals surface area contributed by atoms with Gasteiger partial charge in [-0.2, -0.15) is 9.61 Å². The molecular formula is C26H27FN8O. The molecule has 0 bridgehead atoms. The summed E-state index contributed by atoms with van der Waals surface area (Å²) in [5.41, 5.74) is 9.79. The Morgan fingerprint density at radius 2 is 2.00 bits per heavy atom. The van der Waals surface area contributed by atoms with Gasteiger partial charge in [0.05, 0.1) is 35.0 Å². The highest BCUT2D eigenvalue weighted by atomic mass is 19.1. The van der Waals surface area contributed by atoms with Crippen molar-refractivity contribution < 1.29 is 9.18 Å². The number of carbonyl (C=O) groups excluding carboxylic acids is 1. The molecule has 9 nitrogen and oxygen atoms in total. The highest BCUT2D eigenvalue weighted by Gasteiger charge is 2.24. The maximum atomic E-state index is 14.8. The highest BCUT2D eigenvalue weighted by Crippen LogP contribution is 2.30. The van der Waals surface area contributed by atoms with Crippen LogP contribution in [0.25, 0.3) is 16.8 Å². The van der Waals surface area contributed by atoms with E-state index in [2.05, 4.69) is 30.6 Å². The number of piperidine rings is 1. The summed E-state index contributed by atoms with van der Waals surface area (Å²) in [6.45, 7) is 1.69. The normalized spacial score (nSPS) is 17.8. The van der Waals surface area contributed by atoms with Crippen LogP contribution in [0.15, 0.2) is 55.0 Å². The number of imidazole rings is 1. The summed E-state index contributed by atoms with van der Waals surface area (Å²) in [7, 11) is 0. The third-order valence-electron chi connectivity index (χ3n) is 6.64. The number of halogens is 1. The Bertz CT molecular complexity index is 1430. The molecule has 1 atom stereocenters. The number of nitrogens with zero attached hydrogens (tertiary/aromatic N) is 5. The Kier molecular flexibility index (Phi) is 5.73. The average molecular weight is 487 g/mol. The van der Waals surface area contributed by atoms with Crippen LogP contribution in [0.2, 0.25) is 0 Å². The van der Waals surface area contributed by atoms with E-state index >= 15 is 0 Å². The van der Waals surface area contributed by atoms with Gasteiger partial charge in [0.15, 0.2) is 0 Å². The summed E-state index contributed by atoms with van der Waals surface area (Å²) in [4.78, 5) is 23.5. The lowest BCUT2D eigenvalue weighted by Gasteiger charge is -2.33. The zero-order valence-electron chi connectivity index (χ0n) is 19.7. The van der Waals surface area contributed by atoms with Crippen LogP contribution in [0.4, 0.5) is 21.7 Å². The Morgan fingerprint density at radius 1 is 1.11 bits per heavy atom. The molecule has 4 N–H and O–H groups in total. The highest BCUT2D eigenvalue weighted by molar-refractivity contribution is 5.95. The average Bonchev–Trinajstić information content (AvgIpc) is 3.62. The van der Waals surface area contributed by atoms with E-state index in [0.29, 0.717) is 17.2 Å². The molecule has 36 heavy (non-hydrogen) atoms. The fourth-order valence-corrected chi connectivity index (χ4v) is 4.58. The van der Waals surface area contributed by atoms with Gasteiger partial charge >= 0.3 is 0 Å². The number of hydrogen-bond acceptors (Lipinski definition) is 7. The van der Waals surface area contributed by atoms with E-state index in [-0.39, 0.29) is 23.6 Å². The number of fused-ring (bicyclic) bond motifs is 1. The van der Waals surface area contributed by atoms with Crippen molar-refractivity contribution in [3.05, 3.63) is 66.4 Å². The van der Waals surface area contributed by atoms with E-state index < -0.39 is 5.82 Å². The fraction of sp³-hybridized carbons (Fsp3) is 0.308. The number of nitrogens with one attached hydrogen (secondary N) is 2. The quantitative estimate of drug-likeness (QED) is 0.382. The first kappa shape index (κ1) is 22.4. The van der Waals surface area contributed by atoms with Crippen LogP contribution in [0.1, 0.15) is 36.0 Å². The van der Waals surface area contributed by atoms with Crippen molar-refractivity contribution in [1.29, 1.82) is 0 Å². The minimum atomic E-state index is -0.449. The standard InChI is InChI=1S/C26H27FN8O/c27-21-7-3-16(25(36)31-18-4-5-18)12-20(21)22-8-6-19-13-30-26(35(19)33-22)32-23-14-29-10-9-24(23)34-11-1-2-17(28)15-34/h3,6-10,12-14,17-18H,1-2,4-5,11,15,28H2,(H,30,32)(H,31,36)/t17-/m0/s1. The first-order chi connectivity index (χ1) is 17.5. The summed E-state index contributed by atoms with van der Waals surface area (Å²) in [5, 5.41) is 10.9. The molecule has 0 unspecified atom stereocenters. The van der Waals surface area contributed by atoms with Crippen LogP contribution in [0.5, 0.6) is 0 Å². The van der Waals surface area contributed by atoms with Gasteiger partial charge in [0, 0.05) is 42.5 Å². The van der Waals surface area contributed by atoms with Crippen molar-refractivity contribution in [3.8, 4) is 11.3 Å². The van der Waals surface area contributed by atoms with Gasteiger partial charge in [0.1, 0.15) is 5.82 Å². The van der Waals surface area contributed by atoms with Crippen molar-refractivity contribution in [3.63, 3.8) is 0 Å². The number of aromatic nitrogens is 4. The summed E-state index contributed by atoms with van der Waals surface area (Å²) < 4.78 is 16.5. The maximum absolute atomic E-state index is 14.8. The number of nitrogens with two attached hydrogens (primary N) is 1. The van der Waals surface area contributed by atoms with Gasteiger partial charge in [-0.15, -0.1) is 0 Å². The van der Waals surface area contributed by atoms with Crippen molar-refractivity contribution >= 4 is 28.7 Å². The predicted octanol–water partition coefficient (Wildman–Crippen LogP) is 3.49. The Morgan fingerprint density at radius 3 is 2.83 bits per heavy atom. The lowest BCUT2D eigenvalue weighted by molar-refractivity contribution is 0.0951. The van der Waals surface area contributed by atoms with Gasteiger partial charge in [-0.25, -0.2) is 9.37 Å². The SMILES string of the molecule is N[C@H]1CCCN(c2ccncc2Nc2ncc3ccc(-c4cc(C(=O)NC5CC5)ccc4F)nn23)C1. The summed E-state index contributed by atoms with van der Waals surface area (Å²) in [6, 6.07) is 10.2.